The first-order valence-corrected chi connectivity index (χ1v) is 3.46. The topological polar surface area (TPSA) is 47.3 Å². The number of nitrogens with two attached hydrogens (primary N) is 1. The molecule has 0 saturated carbocycles. The number of methoxy groups -OCH3 is 1. The van der Waals surface area contributed by atoms with Crippen LogP contribution in [0.4, 0.5) is 5.69 Å². The summed E-state index contributed by atoms with van der Waals surface area (Å²) in [6.45, 7) is 0. The van der Waals surface area contributed by atoms with Gasteiger partial charge in [0.15, 0.2) is 5.75 Å². The molecule has 1 aromatic carbocycles. The van der Waals surface area contributed by atoms with Gasteiger partial charge in [0.05, 0.1) is 17.8 Å². The van der Waals surface area contributed by atoms with Crippen molar-refractivity contribution in [1.82, 2.24) is 0 Å². The summed E-state index contributed by atoms with van der Waals surface area (Å²) in [5.74, 6) is 5.77. The number of hydrazine groups is 1. The third kappa shape index (κ3) is 2.17. The van der Waals surface area contributed by atoms with Gasteiger partial charge in [-0.25, -0.2) is 0 Å². The second kappa shape index (κ2) is 5.09. The fourth-order valence-electron chi connectivity index (χ4n) is 0.830. The number of para-hydroxylation sites is 1. The monoisotopic (exact) mass is 208 g/mol. The van der Waals surface area contributed by atoms with Crippen molar-refractivity contribution in [2.24, 2.45) is 5.84 Å². The van der Waals surface area contributed by atoms with Crippen molar-refractivity contribution in [2.75, 3.05) is 12.5 Å². The molecular formula is C7H10Cl2N2O. The largest absolute Gasteiger partial charge is 0.493 e. The molecule has 1 rings (SSSR count). The van der Waals surface area contributed by atoms with Gasteiger partial charge in [-0.15, -0.1) is 12.4 Å². The van der Waals surface area contributed by atoms with Gasteiger partial charge < -0.3 is 10.2 Å². The summed E-state index contributed by atoms with van der Waals surface area (Å²) in [4.78, 5) is 0. The normalized spacial score (nSPS) is 8.58. The smallest absolute Gasteiger partial charge is 0.161 e. The molecule has 0 bridgehead atoms. The van der Waals surface area contributed by atoms with E-state index in [4.69, 9.17) is 22.2 Å². The molecule has 0 amide bonds. The molecule has 0 aliphatic heterocycles. The molecule has 0 fully saturated rings. The third-order valence-electron chi connectivity index (χ3n) is 1.33. The maximum absolute atomic E-state index is 5.79. The first-order chi connectivity index (χ1) is 5.29. The van der Waals surface area contributed by atoms with Gasteiger partial charge in [-0.1, -0.05) is 17.7 Å². The van der Waals surface area contributed by atoms with Crippen molar-refractivity contribution in [1.29, 1.82) is 0 Å². The van der Waals surface area contributed by atoms with E-state index in [2.05, 4.69) is 5.43 Å². The number of hydrogen-bond acceptors (Lipinski definition) is 3. The Bertz CT molecular complexity index is 255. The predicted octanol–water partition coefficient (Wildman–Crippen LogP) is 2.06. The summed E-state index contributed by atoms with van der Waals surface area (Å²) in [5, 5.41) is 0.544. The van der Waals surface area contributed by atoms with Gasteiger partial charge in [0, 0.05) is 0 Å². The second-order valence-corrected chi connectivity index (χ2v) is 2.37. The molecule has 0 radical (unpaired) electrons. The average molecular weight is 209 g/mol. The fraction of sp³-hybridized carbons (Fsp3) is 0.143. The summed E-state index contributed by atoms with van der Waals surface area (Å²) in [6.07, 6.45) is 0. The van der Waals surface area contributed by atoms with Crippen LogP contribution in [-0.4, -0.2) is 7.11 Å². The minimum Gasteiger partial charge on any atom is -0.493 e. The van der Waals surface area contributed by atoms with Gasteiger partial charge in [-0.2, -0.15) is 0 Å². The van der Waals surface area contributed by atoms with Gasteiger partial charge >= 0.3 is 0 Å². The molecule has 5 heteroatoms. The summed E-state index contributed by atoms with van der Waals surface area (Å²) in [7, 11) is 1.54. The lowest BCUT2D eigenvalue weighted by molar-refractivity contribution is 0.416. The molecule has 0 aromatic heterocycles. The Kier molecular flexibility index (Phi) is 4.81. The number of rotatable bonds is 2. The van der Waals surface area contributed by atoms with E-state index in [0.29, 0.717) is 16.5 Å². The molecule has 0 spiro atoms. The Hall–Kier alpha value is -0.640. The highest BCUT2D eigenvalue weighted by atomic mass is 35.5. The quantitative estimate of drug-likeness (QED) is 0.578. The van der Waals surface area contributed by atoms with E-state index in [1.54, 1.807) is 25.3 Å². The van der Waals surface area contributed by atoms with E-state index in [1.165, 1.54) is 0 Å². The second-order valence-electron chi connectivity index (χ2n) is 1.96. The van der Waals surface area contributed by atoms with E-state index >= 15 is 0 Å². The van der Waals surface area contributed by atoms with Crippen molar-refractivity contribution in [3.8, 4) is 5.75 Å². The zero-order valence-electron chi connectivity index (χ0n) is 6.50. The Morgan fingerprint density at radius 2 is 2.17 bits per heavy atom. The standard InChI is InChI=1S/C7H9ClN2O.ClH/c1-11-7-5(8)3-2-4-6(7)10-9;/h2-4,10H,9H2,1H3;1H. The summed E-state index contributed by atoms with van der Waals surface area (Å²) < 4.78 is 4.99. The number of anilines is 1. The SMILES string of the molecule is COc1c(Cl)cccc1NN.Cl. The fourth-order valence-corrected chi connectivity index (χ4v) is 1.08. The van der Waals surface area contributed by atoms with Crippen molar-refractivity contribution in [2.45, 2.75) is 0 Å². The Morgan fingerprint density at radius 1 is 1.50 bits per heavy atom. The van der Waals surface area contributed by atoms with Crippen LogP contribution in [0.2, 0.25) is 5.02 Å². The predicted molar refractivity (Wildman–Crippen MR) is 53.1 cm³/mol. The van der Waals surface area contributed by atoms with Gasteiger partial charge in [0.2, 0.25) is 0 Å². The zero-order valence-corrected chi connectivity index (χ0v) is 8.08. The van der Waals surface area contributed by atoms with Crippen LogP contribution in [-0.2, 0) is 0 Å². The first kappa shape index (κ1) is 11.4. The van der Waals surface area contributed by atoms with E-state index in [1.807, 2.05) is 0 Å². The Balaban J connectivity index is 0.00000121. The van der Waals surface area contributed by atoms with Gasteiger partial charge in [-0.05, 0) is 12.1 Å². The number of hydrogen-bond donors (Lipinski definition) is 2. The van der Waals surface area contributed by atoms with E-state index < -0.39 is 0 Å². The van der Waals surface area contributed by atoms with Crippen LogP contribution < -0.4 is 16.0 Å². The highest BCUT2D eigenvalue weighted by Crippen LogP contribution is 2.31. The molecule has 3 N–H and O–H groups in total. The van der Waals surface area contributed by atoms with Crippen LogP contribution in [0.25, 0.3) is 0 Å². The molecule has 0 aliphatic rings. The lowest BCUT2D eigenvalue weighted by atomic mass is 10.3. The van der Waals surface area contributed by atoms with Crippen LogP contribution >= 0.6 is 24.0 Å². The molecule has 0 heterocycles. The average Bonchev–Trinajstić information content (AvgIpc) is 2.04. The molecule has 12 heavy (non-hydrogen) atoms. The van der Waals surface area contributed by atoms with E-state index in [-0.39, 0.29) is 12.4 Å². The van der Waals surface area contributed by atoms with Crippen molar-refractivity contribution in [3.63, 3.8) is 0 Å². The summed E-state index contributed by atoms with van der Waals surface area (Å²) in [6, 6.07) is 5.31. The highest BCUT2D eigenvalue weighted by Gasteiger charge is 2.03. The molecule has 0 atom stereocenters. The zero-order chi connectivity index (χ0) is 8.27. The lowest BCUT2D eigenvalue weighted by Gasteiger charge is -2.07. The lowest BCUT2D eigenvalue weighted by Crippen LogP contribution is -2.07. The summed E-state index contributed by atoms with van der Waals surface area (Å²) >= 11 is 5.79. The van der Waals surface area contributed by atoms with Crippen LogP contribution in [0.3, 0.4) is 0 Å². The Labute approximate surface area is 82.2 Å². The van der Waals surface area contributed by atoms with Gasteiger partial charge in [0.25, 0.3) is 0 Å². The molecule has 0 aliphatic carbocycles. The van der Waals surface area contributed by atoms with Crippen molar-refractivity contribution < 1.29 is 4.74 Å². The van der Waals surface area contributed by atoms with E-state index in [0.717, 1.165) is 0 Å². The first-order valence-electron chi connectivity index (χ1n) is 3.08. The van der Waals surface area contributed by atoms with Crippen LogP contribution in [0.1, 0.15) is 0 Å². The maximum atomic E-state index is 5.79. The van der Waals surface area contributed by atoms with Gasteiger partial charge in [0.1, 0.15) is 0 Å². The number of ether oxygens (including phenoxy) is 1. The Morgan fingerprint density at radius 3 is 2.58 bits per heavy atom. The third-order valence-corrected chi connectivity index (χ3v) is 1.62. The van der Waals surface area contributed by atoms with Crippen LogP contribution in [0, 0.1) is 0 Å². The maximum Gasteiger partial charge on any atom is 0.161 e. The van der Waals surface area contributed by atoms with Gasteiger partial charge in [-0.3, -0.25) is 5.84 Å². The number of halogens is 2. The molecule has 3 nitrogen and oxygen atoms in total. The number of nitrogens with one attached hydrogen (secondary N) is 1. The van der Waals surface area contributed by atoms with Crippen molar-refractivity contribution >= 4 is 29.7 Å². The van der Waals surface area contributed by atoms with Crippen LogP contribution in [0.15, 0.2) is 18.2 Å². The molecule has 68 valence electrons. The molecule has 0 unspecified atom stereocenters. The number of nitrogen functional groups attached to an aromatic ring is 1. The van der Waals surface area contributed by atoms with Crippen molar-refractivity contribution in [3.05, 3.63) is 23.2 Å². The highest BCUT2D eigenvalue weighted by molar-refractivity contribution is 6.32. The molecule has 1 aromatic rings. The minimum absolute atomic E-state index is 0. The van der Waals surface area contributed by atoms with Crippen LogP contribution in [0.5, 0.6) is 5.75 Å². The molecular weight excluding hydrogens is 199 g/mol. The minimum atomic E-state index is 0. The molecule has 0 saturated heterocycles. The summed E-state index contributed by atoms with van der Waals surface area (Å²) in [5.41, 5.74) is 3.16. The number of benzene rings is 1. The van der Waals surface area contributed by atoms with E-state index in [9.17, 15) is 0 Å².